The van der Waals surface area contributed by atoms with Crippen LogP contribution < -0.4 is 10.2 Å². The second-order valence-corrected chi connectivity index (χ2v) is 6.97. The highest BCUT2D eigenvalue weighted by atomic mass is 16.5. The number of anilines is 2. The summed E-state index contributed by atoms with van der Waals surface area (Å²) in [5.41, 5.74) is 0.812. The van der Waals surface area contributed by atoms with Crippen LogP contribution in [0.4, 0.5) is 11.4 Å². The molecule has 0 saturated carbocycles. The first-order valence-corrected chi connectivity index (χ1v) is 8.79. The molecule has 2 aromatic carbocycles. The first-order valence-electron chi connectivity index (χ1n) is 8.79. The van der Waals surface area contributed by atoms with Gasteiger partial charge in [0.2, 0.25) is 11.8 Å². The van der Waals surface area contributed by atoms with Crippen molar-refractivity contribution in [2.75, 3.05) is 16.8 Å². The molecule has 26 heavy (non-hydrogen) atoms. The van der Waals surface area contributed by atoms with Crippen LogP contribution in [0.1, 0.15) is 0 Å². The van der Waals surface area contributed by atoms with Crippen molar-refractivity contribution >= 4 is 23.2 Å². The maximum atomic E-state index is 13.2. The van der Waals surface area contributed by atoms with Gasteiger partial charge in [0.1, 0.15) is 5.60 Å². The third-order valence-electron chi connectivity index (χ3n) is 5.51. The van der Waals surface area contributed by atoms with Crippen LogP contribution in [0.5, 0.6) is 0 Å². The van der Waals surface area contributed by atoms with Crippen LogP contribution in [0.15, 0.2) is 72.8 Å². The van der Waals surface area contributed by atoms with E-state index in [0.717, 1.165) is 5.69 Å². The van der Waals surface area contributed by atoms with E-state index < -0.39 is 17.4 Å². The van der Waals surface area contributed by atoms with Crippen LogP contribution >= 0.6 is 0 Å². The maximum absolute atomic E-state index is 13.2. The Labute approximate surface area is 151 Å². The molecule has 0 spiro atoms. The fraction of sp³-hybridized carbons (Fsp3) is 0.238. The molecule has 0 radical (unpaired) electrons. The molecule has 3 aliphatic rings. The number of nitrogens with zero attached hydrogens (tertiary/aromatic N) is 1. The molecule has 2 saturated heterocycles. The number of para-hydroxylation sites is 2. The molecule has 1 N–H and O–H groups in total. The number of benzene rings is 2. The van der Waals surface area contributed by atoms with Crippen molar-refractivity contribution in [3.05, 3.63) is 72.8 Å². The van der Waals surface area contributed by atoms with E-state index in [1.165, 1.54) is 4.90 Å². The van der Waals surface area contributed by atoms with Gasteiger partial charge in [0.05, 0.1) is 23.6 Å². The summed E-state index contributed by atoms with van der Waals surface area (Å²) in [5.74, 6) is -1.26. The van der Waals surface area contributed by atoms with Gasteiger partial charge in [0, 0.05) is 12.2 Å². The molecule has 0 unspecified atom stereocenters. The van der Waals surface area contributed by atoms with Crippen molar-refractivity contribution in [1.82, 2.24) is 0 Å². The highest BCUT2D eigenvalue weighted by molar-refractivity contribution is 6.23. The molecule has 3 aliphatic heterocycles. The molecule has 2 bridgehead atoms. The Kier molecular flexibility index (Phi) is 3.27. The summed E-state index contributed by atoms with van der Waals surface area (Å²) in [5, 5.41) is 3.35. The summed E-state index contributed by atoms with van der Waals surface area (Å²) in [6.07, 6.45) is 3.55. The van der Waals surface area contributed by atoms with Crippen molar-refractivity contribution in [1.29, 1.82) is 0 Å². The number of carbonyl (C=O) groups excluding carboxylic acids is 2. The predicted molar refractivity (Wildman–Crippen MR) is 97.6 cm³/mol. The molecule has 0 aliphatic carbocycles. The smallest absolute Gasteiger partial charge is 0.241 e. The Morgan fingerprint density at radius 3 is 2.38 bits per heavy atom. The quantitative estimate of drug-likeness (QED) is 0.683. The van der Waals surface area contributed by atoms with Crippen LogP contribution in [0.3, 0.4) is 0 Å². The Morgan fingerprint density at radius 2 is 1.65 bits per heavy atom. The van der Waals surface area contributed by atoms with E-state index >= 15 is 0 Å². The number of hydrogen-bond donors (Lipinski definition) is 1. The van der Waals surface area contributed by atoms with E-state index in [4.69, 9.17) is 4.74 Å². The number of imide groups is 1. The monoisotopic (exact) mass is 346 g/mol. The lowest BCUT2D eigenvalue weighted by Gasteiger charge is -2.29. The molecule has 2 fully saturated rings. The third-order valence-corrected chi connectivity index (χ3v) is 5.51. The molecular formula is C21H18N2O3. The largest absolute Gasteiger partial charge is 0.382 e. The second-order valence-electron chi connectivity index (χ2n) is 6.97. The topological polar surface area (TPSA) is 58.6 Å². The van der Waals surface area contributed by atoms with Gasteiger partial charge in [0.25, 0.3) is 0 Å². The SMILES string of the molecule is O=C1[C@H]2[C@H]3C=C[C@@](CNc4ccccc4)(O3)[C@H]2C(=O)N1c1ccccc1. The first kappa shape index (κ1) is 15.3. The lowest BCUT2D eigenvalue weighted by molar-refractivity contribution is -0.126. The number of rotatable bonds is 4. The Morgan fingerprint density at radius 1 is 0.962 bits per heavy atom. The Bertz CT molecular complexity index is 896. The van der Waals surface area contributed by atoms with E-state index in [1.807, 2.05) is 60.7 Å². The summed E-state index contributed by atoms with van der Waals surface area (Å²) < 4.78 is 6.13. The Hall–Kier alpha value is -2.92. The lowest BCUT2D eigenvalue weighted by atomic mass is 9.77. The molecular weight excluding hydrogens is 328 g/mol. The minimum absolute atomic E-state index is 0.165. The van der Waals surface area contributed by atoms with Gasteiger partial charge in [-0.25, -0.2) is 4.90 Å². The molecule has 130 valence electrons. The highest BCUT2D eigenvalue weighted by Crippen LogP contribution is 2.52. The van der Waals surface area contributed by atoms with Gasteiger partial charge in [-0.3, -0.25) is 9.59 Å². The van der Waals surface area contributed by atoms with Crippen LogP contribution in [0.2, 0.25) is 0 Å². The van der Waals surface area contributed by atoms with Gasteiger partial charge in [-0.2, -0.15) is 0 Å². The average molecular weight is 346 g/mol. The van der Waals surface area contributed by atoms with E-state index in [0.29, 0.717) is 12.2 Å². The molecule has 2 aromatic rings. The molecule has 5 nitrogen and oxygen atoms in total. The number of amides is 2. The minimum Gasteiger partial charge on any atom is -0.382 e. The number of carbonyl (C=O) groups is 2. The predicted octanol–water partition coefficient (Wildman–Crippen LogP) is 2.61. The van der Waals surface area contributed by atoms with Crippen LogP contribution in [-0.4, -0.2) is 30.1 Å². The van der Waals surface area contributed by atoms with Crippen molar-refractivity contribution in [2.24, 2.45) is 11.8 Å². The van der Waals surface area contributed by atoms with E-state index in [9.17, 15) is 9.59 Å². The summed E-state index contributed by atoms with van der Waals surface area (Å²) in [6, 6.07) is 18.9. The molecule has 3 heterocycles. The normalized spacial score (nSPS) is 31.5. The summed E-state index contributed by atoms with van der Waals surface area (Å²) in [4.78, 5) is 27.5. The minimum atomic E-state index is -0.776. The van der Waals surface area contributed by atoms with Crippen LogP contribution in [0, 0.1) is 11.8 Å². The summed E-state index contributed by atoms with van der Waals surface area (Å²) >= 11 is 0. The maximum Gasteiger partial charge on any atom is 0.241 e. The molecule has 5 rings (SSSR count). The molecule has 2 amide bonds. The number of hydrogen-bond acceptors (Lipinski definition) is 4. The van der Waals surface area contributed by atoms with Gasteiger partial charge in [-0.1, -0.05) is 48.6 Å². The van der Waals surface area contributed by atoms with Crippen molar-refractivity contribution in [2.45, 2.75) is 11.7 Å². The van der Waals surface area contributed by atoms with Gasteiger partial charge in [-0.05, 0) is 24.3 Å². The van der Waals surface area contributed by atoms with Crippen molar-refractivity contribution < 1.29 is 14.3 Å². The van der Waals surface area contributed by atoms with Crippen LogP contribution in [0.25, 0.3) is 0 Å². The number of nitrogens with one attached hydrogen (secondary N) is 1. The highest BCUT2D eigenvalue weighted by Gasteiger charge is 2.67. The fourth-order valence-corrected chi connectivity index (χ4v) is 4.33. The van der Waals surface area contributed by atoms with Gasteiger partial charge >= 0.3 is 0 Å². The standard InChI is InChI=1S/C21H18N2O3/c24-19-17-16-11-12-21(26-16,13-22-14-7-3-1-4-8-14)18(17)20(25)23(19)15-9-5-2-6-10-15/h1-12,16-18,22H,13H2/t16-,17+,18-,21+/m1/s1. The van der Waals surface area contributed by atoms with Crippen LogP contribution in [-0.2, 0) is 14.3 Å². The Balaban J connectivity index is 1.46. The van der Waals surface area contributed by atoms with E-state index in [1.54, 1.807) is 12.1 Å². The van der Waals surface area contributed by atoms with Gasteiger partial charge in [0.15, 0.2) is 0 Å². The zero-order chi connectivity index (χ0) is 17.7. The zero-order valence-electron chi connectivity index (χ0n) is 14.0. The first-order chi connectivity index (χ1) is 12.7. The summed E-state index contributed by atoms with van der Waals surface area (Å²) in [7, 11) is 0. The van der Waals surface area contributed by atoms with E-state index in [2.05, 4.69) is 5.32 Å². The number of ether oxygens (including phenoxy) is 1. The van der Waals surface area contributed by atoms with Crippen molar-refractivity contribution in [3.8, 4) is 0 Å². The molecule has 0 aromatic heterocycles. The summed E-state index contributed by atoms with van der Waals surface area (Å²) in [6.45, 7) is 0.451. The lowest BCUT2D eigenvalue weighted by Crippen LogP contribution is -2.45. The zero-order valence-corrected chi connectivity index (χ0v) is 14.0. The fourth-order valence-electron chi connectivity index (χ4n) is 4.33. The third kappa shape index (κ3) is 2.07. The molecule has 5 heteroatoms. The average Bonchev–Trinajstić information content (AvgIpc) is 3.32. The van der Waals surface area contributed by atoms with E-state index in [-0.39, 0.29) is 17.9 Å². The number of fused-ring (bicyclic) bond motifs is 5. The van der Waals surface area contributed by atoms with Crippen molar-refractivity contribution in [3.63, 3.8) is 0 Å². The van der Waals surface area contributed by atoms with Gasteiger partial charge in [-0.15, -0.1) is 0 Å². The second kappa shape index (κ2) is 5.54. The molecule has 4 atom stereocenters. The van der Waals surface area contributed by atoms with Gasteiger partial charge < -0.3 is 10.1 Å².